The molecule has 170 valence electrons. The van der Waals surface area contributed by atoms with E-state index in [9.17, 15) is 15.2 Å². The Kier molecular flexibility index (Phi) is 6.90. The normalized spacial score (nSPS) is 13.8. The van der Waals surface area contributed by atoms with Gasteiger partial charge in [-0.25, -0.2) is 5.43 Å². The molecule has 0 unspecified atom stereocenters. The summed E-state index contributed by atoms with van der Waals surface area (Å²) in [5.74, 6) is 0.432. The fourth-order valence-corrected chi connectivity index (χ4v) is 3.43. The van der Waals surface area contributed by atoms with E-state index in [0.717, 1.165) is 10.2 Å². The number of rotatable bonds is 7. The first-order valence-electron chi connectivity index (χ1n) is 9.86. The van der Waals surface area contributed by atoms with Crippen LogP contribution in [0.3, 0.4) is 0 Å². The average Bonchev–Trinajstić information content (AvgIpc) is 2.80. The van der Waals surface area contributed by atoms with Crippen LogP contribution in [0.25, 0.3) is 0 Å². The van der Waals surface area contributed by atoms with Gasteiger partial charge in [-0.15, -0.1) is 0 Å². The van der Waals surface area contributed by atoms with Gasteiger partial charge in [-0.1, -0.05) is 28.1 Å². The molecule has 0 saturated carbocycles. The quantitative estimate of drug-likeness (QED) is 0.243. The van der Waals surface area contributed by atoms with Crippen molar-refractivity contribution >= 4 is 51.4 Å². The van der Waals surface area contributed by atoms with Gasteiger partial charge in [0.1, 0.15) is 0 Å². The number of halogens is 1. The summed E-state index contributed by atoms with van der Waals surface area (Å²) in [6.07, 6.45) is 1.25. The van der Waals surface area contributed by atoms with Crippen LogP contribution in [-0.2, 0) is 4.74 Å². The molecular weight excluding hydrogens is 496 g/mol. The molecule has 1 fully saturated rings. The van der Waals surface area contributed by atoms with E-state index in [1.165, 1.54) is 24.4 Å². The number of hydrogen-bond donors (Lipinski definition) is 3. The van der Waals surface area contributed by atoms with Gasteiger partial charge in [-0.05, 0) is 24.3 Å². The van der Waals surface area contributed by atoms with Crippen LogP contribution in [0.2, 0.25) is 0 Å². The largest absolute Gasteiger partial charge is 0.502 e. The van der Waals surface area contributed by atoms with Gasteiger partial charge in [0.15, 0.2) is 0 Å². The highest BCUT2D eigenvalue weighted by molar-refractivity contribution is 9.10. The van der Waals surface area contributed by atoms with Crippen molar-refractivity contribution in [2.24, 2.45) is 5.10 Å². The predicted octanol–water partition coefficient (Wildman–Crippen LogP) is 3.27. The number of benzene rings is 2. The van der Waals surface area contributed by atoms with Crippen molar-refractivity contribution in [3.63, 3.8) is 0 Å². The van der Waals surface area contributed by atoms with Crippen molar-refractivity contribution in [2.75, 3.05) is 41.9 Å². The van der Waals surface area contributed by atoms with E-state index in [4.69, 9.17) is 4.74 Å². The van der Waals surface area contributed by atoms with Crippen molar-refractivity contribution in [1.82, 2.24) is 15.0 Å². The number of phenolic OH excluding ortho intramolecular Hbond substituents is 1. The zero-order valence-electron chi connectivity index (χ0n) is 17.2. The average molecular weight is 515 g/mol. The van der Waals surface area contributed by atoms with E-state index >= 15 is 0 Å². The molecule has 1 aliphatic rings. The third-order valence-electron chi connectivity index (χ3n) is 4.61. The lowest BCUT2D eigenvalue weighted by molar-refractivity contribution is -0.385. The molecule has 0 radical (unpaired) electrons. The highest BCUT2D eigenvalue weighted by Gasteiger charge is 2.17. The Balaban J connectivity index is 1.59. The number of nitro benzene ring substituents is 1. The van der Waals surface area contributed by atoms with E-state index < -0.39 is 16.4 Å². The summed E-state index contributed by atoms with van der Waals surface area (Å²) in [4.78, 5) is 25.6. The van der Waals surface area contributed by atoms with Gasteiger partial charge in [-0.3, -0.25) is 10.1 Å². The summed E-state index contributed by atoms with van der Waals surface area (Å²) < 4.78 is 6.30. The summed E-state index contributed by atoms with van der Waals surface area (Å²) in [5, 5.41) is 28.2. The molecule has 3 N–H and O–H groups in total. The van der Waals surface area contributed by atoms with E-state index in [1.54, 1.807) is 0 Å². The van der Waals surface area contributed by atoms with Gasteiger partial charge in [0.05, 0.1) is 24.4 Å². The molecule has 3 aromatic rings. The fraction of sp³-hybridized carbons (Fsp3) is 0.200. The van der Waals surface area contributed by atoms with Crippen molar-refractivity contribution in [1.29, 1.82) is 0 Å². The Morgan fingerprint density at radius 3 is 2.67 bits per heavy atom. The minimum Gasteiger partial charge on any atom is -0.502 e. The highest BCUT2D eigenvalue weighted by atomic mass is 79.9. The Labute approximate surface area is 196 Å². The lowest BCUT2D eigenvalue weighted by Gasteiger charge is -2.27. The molecular formula is C20H19BrN8O4. The molecule has 2 aromatic carbocycles. The third-order valence-corrected chi connectivity index (χ3v) is 5.10. The van der Waals surface area contributed by atoms with Crippen LogP contribution in [0.5, 0.6) is 5.75 Å². The second-order valence-electron chi connectivity index (χ2n) is 6.86. The van der Waals surface area contributed by atoms with Crippen molar-refractivity contribution in [3.05, 3.63) is 62.6 Å². The molecule has 0 amide bonds. The van der Waals surface area contributed by atoms with Crippen LogP contribution in [0.4, 0.5) is 29.2 Å². The maximum Gasteiger partial charge on any atom is 0.311 e. The van der Waals surface area contributed by atoms with Crippen molar-refractivity contribution in [2.45, 2.75) is 0 Å². The minimum atomic E-state index is -0.666. The number of nitrogens with zero attached hydrogens (tertiary/aromatic N) is 6. The number of nitrogens with one attached hydrogen (secondary N) is 2. The van der Waals surface area contributed by atoms with Crippen LogP contribution >= 0.6 is 15.9 Å². The van der Waals surface area contributed by atoms with Gasteiger partial charge in [-0.2, -0.15) is 20.1 Å². The molecule has 1 aliphatic heterocycles. The molecule has 1 saturated heterocycles. The number of para-hydroxylation sites is 1. The number of aromatic nitrogens is 3. The summed E-state index contributed by atoms with van der Waals surface area (Å²) in [5.41, 5.74) is 3.25. The second-order valence-corrected chi connectivity index (χ2v) is 7.78. The number of morpholine rings is 1. The van der Waals surface area contributed by atoms with Crippen LogP contribution < -0.4 is 15.6 Å². The van der Waals surface area contributed by atoms with Crippen LogP contribution in [0.15, 0.2) is 52.0 Å². The predicted molar refractivity (Wildman–Crippen MR) is 126 cm³/mol. The zero-order chi connectivity index (χ0) is 23.2. The Bertz CT molecular complexity index is 1190. The number of hydrazone groups is 1. The Morgan fingerprint density at radius 1 is 1.15 bits per heavy atom. The summed E-state index contributed by atoms with van der Waals surface area (Å²) in [6, 6.07) is 11.7. The molecule has 13 heteroatoms. The molecule has 0 aliphatic carbocycles. The number of phenols is 1. The SMILES string of the molecule is O=[N+]([O-])c1cccc(C=NNc2nc(Nc3cccc(Br)c3)nc(N3CCOCC3)n2)c1O. The smallest absolute Gasteiger partial charge is 0.311 e. The molecule has 0 spiro atoms. The number of ether oxygens (including phenoxy) is 1. The lowest BCUT2D eigenvalue weighted by atomic mass is 10.2. The van der Waals surface area contributed by atoms with E-state index in [-0.39, 0.29) is 11.5 Å². The number of aromatic hydroxyl groups is 1. The molecule has 4 rings (SSSR count). The van der Waals surface area contributed by atoms with Crippen LogP contribution in [0.1, 0.15) is 5.56 Å². The molecule has 2 heterocycles. The van der Waals surface area contributed by atoms with Gasteiger partial charge in [0.2, 0.25) is 23.6 Å². The first kappa shape index (κ1) is 22.4. The van der Waals surface area contributed by atoms with Crippen LogP contribution in [-0.4, -0.2) is 57.5 Å². The maximum atomic E-state index is 11.0. The second kappa shape index (κ2) is 10.2. The summed E-state index contributed by atoms with van der Waals surface area (Å²) in [6.45, 7) is 2.38. The van der Waals surface area contributed by atoms with Gasteiger partial charge in [0, 0.05) is 34.9 Å². The topological polar surface area (TPSA) is 151 Å². The minimum absolute atomic E-state index is 0.158. The maximum absolute atomic E-state index is 11.0. The summed E-state index contributed by atoms with van der Waals surface area (Å²) in [7, 11) is 0. The van der Waals surface area contributed by atoms with E-state index in [2.05, 4.69) is 46.7 Å². The molecule has 1 aromatic heterocycles. The molecule has 33 heavy (non-hydrogen) atoms. The third kappa shape index (κ3) is 5.70. The zero-order valence-corrected chi connectivity index (χ0v) is 18.8. The van der Waals surface area contributed by atoms with E-state index in [1.807, 2.05) is 29.2 Å². The van der Waals surface area contributed by atoms with Crippen LogP contribution in [0, 0.1) is 10.1 Å². The first-order chi connectivity index (χ1) is 16.0. The Hall–Kier alpha value is -3.84. The monoisotopic (exact) mass is 514 g/mol. The van der Waals surface area contributed by atoms with Gasteiger partial charge >= 0.3 is 5.69 Å². The van der Waals surface area contributed by atoms with Gasteiger partial charge in [0.25, 0.3) is 0 Å². The number of hydrogen-bond acceptors (Lipinski definition) is 11. The number of nitro groups is 1. The van der Waals surface area contributed by atoms with Crippen molar-refractivity contribution < 1.29 is 14.8 Å². The molecule has 0 atom stereocenters. The number of anilines is 4. The highest BCUT2D eigenvalue weighted by Crippen LogP contribution is 2.28. The lowest BCUT2D eigenvalue weighted by Crippen LogP contribution is -2.37. The van der Waals surface area contributed by atoms with E-state index in [0.29, 0.717) is 38.2 Å². The standard InChI is InChI=1S/C20H19BrN8O4/c21-14-4-2-5-15(11-14)23-18-24-19(26-20(25-18)28-7-9-33-10-8-28)27-22-12-13-3-1-6-16(17(13)30)29(31)32/h1-6,11-12,30H,7-10H2,(H2,23,24,25,26,27). The first-order valence-corrected chi connectivity index (χ1v) is 10.7. The van der Waals surface area contributed by atoms with Crippen molar-refractivity contribution in [3.8, 4) is 5.75 Å². The fourth-order valence-electron chi connectivity index (χ4n) is 3.03. The Morgan fingerprint density at radius 2 is 1.91 bits per heavy atom. The van der Waals surface area contributed by atoms with Gasteiger partial charge < -0.3 is 20.1 Å². The summed E-state index contributed by atoms with van der Waals surface area (Å²) >= 11 is 3.43. The molecule has 12 nitrogen and oxygen atoms in total. The molecule has 0 bridgehead atoms.